The van der Waals surface area contributed by atoms with Crippen LogP contribution in [0.25, 0.3) is 0 Å². The van der Waals surface area contributed by atoms with Gasteiger partial charge in [-0.25, -0.2) is 0 Å². The van der Waals surface area contributed by atoms with E-state index in [-0.39, 0.29) is 5.92 Å². The van der Waals surface area contributed by atoms with Crippen LogP contribution in [0.15, 0.2) is 36.0 Å². The van der Waals surface area contributed by atoms with Crippen LogP contribution in [0.2, 0.25) is 0 Å². The molecule has 0 heterocycles. The molecule has 0 amide bonds. The van der Waals surface area contributed by atoms with Gasteiger partial charge < -0.3 is 10.2 Å². The van der Waals surface area contributed by atoms with Crippen molar-refractivity contribution in [2.24, 2.45) is 5.92 Å². The highest BCUT2D eigenvalue weighted by Gasteiger charge is 2.22. The van der Waals surface area contributed by atoms with Gasteiger partial charge >= 0.3 is 0 Å². The van der Waals surface area contributed by atoms with E-state index < -0.39 is 0 Å². The van der Waals surface area contributed by atoms with Crippen molar-refractivity contribution in [3.63, 3.8) is 0 Å². The minimum absolute atomic E-state index is 0.179. The number of carbonyl (C=O) groups is 1. The minimum Gasteiger partial charge on any atom is -0.378 e. The van der Waals surface area contributed by atoms with E-state index in [0.717, 1.165) is 30.5 Å². The first-order valence-electron chi connectivity index (χ1n) is 6.85. The van der Waals surface area contributed by atoms with Crippen molar-refractivity contribution in [2.75, 3.05) is 24.3 Å². The molecule has 19 heavy (non-hydrogen) atoms. The van der Waals surface area contributed by atoms with E-state index in [1.165, 1.54) is 5.69 Å². The molecule has 1 atom stereocenters. The summed E-state index contributed by atoms with van der Waals surface area (Å²) in [7, 11) is 4.04. The lowest BCUT2D eigenvalue weighted by atomic mass is 9.86. The maximum absolute atomic E-state index is 12.0. The van der Waals surface area contributed by atoms with Crippen LogP contribution in [-0.4, -0.2) is 19.9 Å². The third-order valence-corrected chi connectivity index (χ3v) is 3.64. The van der Waals surface area contributed by atoms with Crippen LogP contribution < -0.4 is 10.2 Å². The predicted octanol–water partition coefficient (Wildman–Crippen LogP) is 3.44. The Morgan fingerprint density at radius 1 is 1.26 bits per heavy atom. The molecule has 1 unspecified atom stereocenters. The summed E-state index contributed by atoms with van der Waals surface area (Å²) in [5.74, 6) is 0.474. The zero-order valence-corrected chi connectivity index (χ0v) is 11.9. The summed E-state index contributed by atoms with van der Waals surface area (Å²) >= 11 is 0. The van der Waals surface area contributed by atoms with Gasteiger partial charge in [-0.1, -0.05) is 6.92 Å². The number of nitrogens with zero attached hydrogens (tertiary/aromatic N) is 1. The number of rotatable bonds is 3. The first-order chi connectivity index (χ1) is 9.08. The van der Waals surface area contributed by atoms with E-state index in [1.54, 1.807) is 0 Å². The SMILES string of the molecule is CC1CCC/C(=C/Nc2ccc(N(C)C)cc2)C1=O. The molecule has 0 spiro atoms. The second kappa shape index (κ2) is 5.91. The summed E-state index contributed by atoms with van der Waals surface area (Å²) < 4.78 is 0. The first-order valence-corrected chi connectivity index (χ1v) is 6.85. The molecule has 1 aliphatic carbocycles. The van der Waals surface area contributed by atoms with Crippen LogP contribution in [0.4, 0.5) is 11.4 Å². The minimum atomic E-state index is 0.179. The van der Waals surface area contributed by atoms with Crippen LogP contribution in [0.5, 0.6) is 0 Å². The van der Waals surface area contributed by atoms with Gasteiger partial charge in [-0.2, -0.15) is 0 Å². The molecule has 1 saturated carbocycles. The molecule has 0 saturated heterocycles. The number of carbonyl (C=O) groups excluding carboxylic acids is 1. The Morgan fingerprint density at radius 2 is 1.95 bits per heavy atom. The number of benzene rings is 1. The van der Waals surface area contributed by atoms with Crippen molar-refractivity contribution in [1.29, 1.82) is 0 Å². The molecule has 3 nitrogen and oxygen atoms in total. The molecule has 1 N–H and O–H groups in total. The monoisotopic (exact) mass is 258 g/mol. The fourth-order valence-electron chi connectivity index (χ4n) is 2.34. The van der Waals surface area contributed by atoms with E-state index in [2.05, 4.69) is 22.3 Å². The Bertz CT molecular complexity index is 474. The number of Topliss-reactive ketones (excluding diaryl/α,β-unsaturated/α-hetero) is 1. The molecule has 1 aromatic rings. The topological polar surface area (TPSA) is 32.3 Å². The standard InChI is InChI=1S/C16H22N2O/c1-12-5-4-6-13(16(12)19)11-17-14-7-9-15(10-8-14)18(2)3/h7-12,17H,4-6H2,1-3H3/b13-11-. The normalized spacial score (nSPS) is 21.5. The zero-order valence-electron chi connectivity index (χ0n) is 11.9. The lowest BCUT2D eigenvalue weighted by Crippen LogP contribution is -2.19. The van der Waals surface area contributed by atoms with Gasteiger partial charge in [0, 0.05) is 43.2 Å². The summed E-state index contributed by atoms with van der Waals surface area (Å²) in [4.78, 5) is 14.0. The number of nitrogens with one attached hydrogen (secondary N) is 1. The number of hydrogen-bond donors (Lipinski definition) is 1. The second-order valence-corrected chi connectivity index (χ2v) is 5.41. The Balaban J connectivity index is 2.03. The second-order valence-electron chi connectivity index (χ2n) is 5.41. The average molecular weight is 258 g/mol. The number of anilines is 2. The van der Waals surface area contributed by atoms with Gasteiger partial charge in [-0.3, -0.25) is 4.79 Å². The number of ketones is 1. The Labute approximate surface area is 115 Å². The molecule has 1 aromatic carbocycles. The lowest BCUT2D eigenvalue weighted by molar-refractivity contribution is -0.119. The van der Waals surface area contributed by atoms with Crippen LogP contribution in [0, 0.1) is 5.92 Å². The van der Waals surface area contributed by atoms with Gasteiger partial charge in [0.25, 0.3) is 0 Å². The molecule has 1 aliphatic rings. The summed E-state index contributed by atoms with van der Waals surface area (Å²) in [5.41, 5.74) is 3.11. The predicted molar refractivity (Wildman–Crippen MR) is 80.5 cm³/mol. The van der Waals surface area contributed by atoms with Crippen LogP contribution >= 0.6 is 0 Å². The molecule has 102 valence electrons. The van der Waals surface area contributed by atoms with E-state index in [1.807, 2.05) is 39.4 Å². The largest absolute Gasteiger partial charge is 0.378 e. The third kappa shape index (κ3) is 3.37. The summed E-state index contributed by atoms with van der Waals surface area (Å²) in [5, 5.41) is 3.23. The molecular formula is C16H22N2O. The highest BCUT2D eigenvalue weighted by atomic mass is 16.1. The van der Waals surface area contributed by atoms with Crippen molar-refractivity contribution in [3.8, 4) is 0 Å². The molecule has 1 fully saturated rings. The highest BCUT2D eigenvalue weighted by molar-refractivity contribution is 5.97. The molecular weight excluding hydrogens is 236 g/mol. The third-order valence-electron chi connectivity index (χ3n) is 3.64. The Morgan fingerprint density at radius 3 is 2.58 bits per heavy atom. The highest BCUT2D eigenvalue weighted by Crippen LogP contribution is 2.25. The fraction of sp³-hybridized carbons (Fsp3) is 0.438. The Hall–Kier alpha value is -1.77. The van der Waals surface area contributed by atoms with Gasteiger partial charge in [0.15, 0.2) is 5.78 Å². The van der Waals surface area contributed by atoms with Gasteiger partial charge in [-0.05, 0) is 43.5 Å². The molecule has 0 aliphatic heterocycles. The van der Waals surface area contributed by atoms with Crippen LogP contribution in [0.3, 0.4) is 0 Å². The number of hydrogen-bond acceptors (Lipinski definition) is 3. The van der Waals surface area contributed by atoms with Crippen LogP contribution in [0.1, 0.15) is 26.2 Å². The summed E-state index contributed by atoms with van der Waals surface area (Å²) in [6.07, 6.45) is 4.91. The lowest BCUT2D eigenvalue weighted by Gasteiger charge is -2.19. The van der Waals surface area contributed by atoms with E-state index in [0.29, 0.717) is 5.78 Å². The average Bonchev–Trinajstić information content (AvgIpc) is 2.41. The van der Waals surface area contributed by atoms with Crippen molar-refractivity contribution in [2.45, 2.75) is 26.2 Å². The quantitative estimate of drug-likeness (QED) is 0.843. The van der Waals surface area contributed by atoms with Gasteiger partial charge in [0.05, 0.1) is 0 Å². The molecule has 2 rings (SSSR count). The van der Waals surface area contributed by atoms with Gasteiger partial charge in [-0.15, -0.1) is 0 Å². The molecule has 0 bridgehead atoms. The smallest absolute Gasteiger partial charge is 0.163 e. The molecule has 0 aromatic heterocycles. The van der Waals surface area contributed by atoms with Crippen molar-refractivity contribution in [1.82, 2.24) is 0 Å². The maximum atomic E-state index is 12.0. The number of allylic oxidation sites excluding steroid dienone is 1. The zero-order chi connectivity index (χ0) is 13.8. The first kappa shape index (κ1) is 13.7. The molecule has 0 radical (unpaired) electrons. The maximum Gasteiger partial charge on any atom is 0.163 e. The van der Waals surface area contributed by atoms with E-state index in [9.17, 15) is 4.79 Å². The van der Waals surface area contributed by atoms with E-state index in [4.69, 9.17) is 0 Å². The fourth-order valence-corrected chi connectivity index (χ4v) is 2.34. The summed E-state index contributed by atoms with van der Waals surface area (Å²) in [6, 6.07) is 8.19. The summed E-state index contributed by atoms with van der Waals surface area (Å²) in [6.45, 7) is 2.02. The van der Waals surface area contributed by atoms with E-state index >= 15 is 0 Å². The Kier molecular flexibility index (Phi) is 4.25. The van der Waals surface area contributed by atoms with Gasteiger partial charge in [0.2, 0.25) is 0 Å². The molecule has 3 heteroatoms. The van der Waals surface area contributed by atoms with Crippen molar-refractivity contribution < 1.29 is 4.79 Å². The van der Waals surface area contributed by atoms with Gasteiger partial charge in [0.1, 0.15) is 0 Å². The van der Waals surface area contributed by atoms with Crippen LogP contribution in [-0.2, 0) is 4.79 Å². The van der Waals surface area contributed by atoms with Crippen molar-refractivity contribution >= 4 is 17.2 Å². The van der Waals surface area contributed by atoms with Crippen molar-refractivity contribution in [3.05, 3.63) is 36.0 Å².